The van der Waals surface area contributed by atoms with E-state index in [4.69, 9.17) is 27.6 Å². The van der Waals surface area contributed by atoms with Gasteiger partial charge in [0.05, 0.1) is 29.0 Å². The van der Waals surface area contributed by atoms with Crippen LogP contribution in [0.1, 0.15) is 21.7 Å². The molecule has 1 aromatic carbocycles. The lowest BCUT2D eigenvalue weighted by Crippen LogP contribution is -2.47. The number of furan rings is 1. The molecular weight excluding hydrogens is 433 g/mol. The number of hydrogen-bond donors (Lipinski definition) is 3. The van der Waals surface area contributed by atoms with E-state index in [2.05, 4.69) is 20.7 Å². The molecule has 160 valence electrons. The van der Waals surface area contributed by atoms with Crippen LogP contribution in [0.4, 0.5) is 0 Å². The van der Waals surface area contributed by atoms with E-state index in [1.165, 1.54) is 37.7 Å². The minimum absolute atomic E-state index is 0.0242. The fourth-order valence-electron chi connectivity index (χ4n) is 2.51. The zero-order valence-corrected chi connectivity index (χ0v) is 17.8. The van der Waals surface area contributed by atoms with Gasteiger partial charge >= 0.3 is 5.97 Å². The second-order valence-electron chi connectivity index (χ2n) is 6.11. The summed E-state index contributed by atoms with van der Waals surface area (Å²) < 4.78 is 9.77. The van der Waals surface area contributed by atoms with E-state index in [1.807, 2.05) is 0 Å². The molecule has 3 N–H and O–H groups in total. The van der Waals surface area contributed by atoms with E-state index in [0.29, 0.717) is 11.3 Å². The quantitative estimate of drug-likeness (QED) is 0.397. The first-order chi connectivity index (χ1) is 14.3. The lowest BCUT2D eigenvalue weighted by atomic mass is 10.1. The van der Waals surface area contributed by atoms with Gasteiger partial charge in [0.1, 0.15) is 11.8 Å². The first-order valence-electron chi connectivity index (χ1n) is 8.86. The molecule has 0 unspecified atom stereocenters. The number of hydrogen-bond acceptors (Lipinski definition) is 6. The molecule has 0 aliphatic carbocycles. The Hall–Kier alpha value is -2.81. The molecule has 1 heterocycles. The molecule has 2 amide bonds. The highest BCUT2D eigenvalue weighted by molar-refractivity contribution is 6.39. The van der Waals surface area contributed by atoms with Crippen LogP contribution in [0, 0.1) is 0 Å². The van der Waals surface area contributed by atoms with Crippen molar-refractivity contribution >= 4 is 47.1 Å². The fourth-order valence-corrected chi connectivity index (χ4v) is 3.21. The number of methoxy groups -OCH3 is 1. The average Bonchev–Trinajstić information content (AvgIpc) is 3.23. The minimum atomic E-state index is -0.903. The molecule has 0 fully saturated rings. The highest BCUT2D eigenvalue weighted by Gasteiger charge is 2.24. The number of carbonyl (C=O) groups is 3. The third kappa shape index (κ3) is 6.62. The predicted octanol–water partition coefficient (Wildman–Crippen LogP) is 2.41. The maximum Gasteiger partial charge on any atom is 0.329 e. The van der Waals surface area contributed by atoms with Crippen LogP contribution in [0.3, 0.4) is 0 Å². The van der Waals surface area contributed by atoms with Gasteiger partial charge in [0, 0.05) is 19.2 Å². The molecule has 1 aromatic heterocycles. The maximum atomic E-state index is 12.6. The van der Waals surface area contributed by atoms with Crippen molar-refractivity contribution in [2.24, 2.45) is 0 Å². The Kier molecular flexibility index (Phi) is 8.91. The molecule has 2 aromatic rings. The van der Waals surface area contributed by atoms with Gasteiger partial charge in [-0.3, -0.25) is 9.59 Å². The molecule has 8 nitrogen and oxygen atoms in total. The van der Waals surface area contributed by atoms with Crippen molar-refractivity contribution in [3.63, 3.8) is 0 Å². The van der Waals surface area contributed by atoms with Gasteiger partial charge in [-0.25, -0.2) is 4.79 Å². The molecular formula is C20H21Cl2N3O5. The van der Waals surface area contributed by atoms with Crippen molar-refractivity contribution in [2.45, 2.75) is 12.6 Å². The van der Waals surface area contributed by atoms with Crippen LogP contribution in [0.15, 0.2) is 41.0 Å². The first kappa shape index (κ1) is 23.5. The number of carbonyl (C=O) groups excluding carboxylic acids is 3. The molecule has 10 heteroatoms. The number of benzene rings is 1. The lowest BCUT2D eigenvalue weighted by Gasteiger charge is -2.17. The van der Waals surface area contributed by atoms with Gasteiger partial charge < -0.3 is 25.1 Å². The Balaban J connectivity index is 2.04. The lowest BCUT2D eigenvalue weighted by molar-refractivity contribution is -0.142. The monoisotopic (exact) mass is 453 g/mol. The molecule has 0 saturated heterocycles. The zero-order chi connectivity index (χ0) is 22.1. The van der Waals surface area contributed by atoms with E-state index < -0.39 is 17.9 Å². The number of esters is 1. The first-order valence-corrected chi connectivity index (χ1v) is 9.62. The average molecular weight is 454 g/mol. The van der Waals surface area contributed by atoms with Crippen molar-refractivity contribution in [1.29, 1.82) is 0 Å². The van der Waals surface area contributed by atoms with E-state index in [0.717, 1.165) is 0 Å². The molecule has 2 rings (SSSR count). The molecule has 0 aliphatic heterocycles. The van der Waals surface area contributed by atoms with Gasteiger partial charge in [-0.15, -0.1) is 0 Å². The van der Waals surface area contributed by atoms with Crippen molar-refractivity contribution in [3.05, 3.63) is 63.5 Å². The number of nitrogens with one attached hydrogen (secondary N) is 3. The van der Waals surface area contributed by atoms with Gasteiger partial charge in [-0.05, 0) is 43.0 Å². The Morgan fingerprint density at radius 1 is 1.23 bits per heavy atom. The van der Waals surface area contributed by atoms with Crippen molar-refractivity contribution in [3.8, 4) is 0 Å². The molecule has 0 spiro atoms. The molecule has 0 saturated carbocycles. The zero-order valence-electron chi connectivity index (χ0n) is 16.3. The van der Waals surface area contributed by atoms with Gasteiger partial charge in [0.15, 0.2) is 0 Å². The molecule has 0 bridgehead atoms. The standard InChI is InChI=1S/C20H21Cl2N3O5/c1-23-11-16(20(28)29-2)25-19(27)18-14(21)8-12(9-15(18)22)10-24-17(26)6-5-13-4-3-7-30-13/h3-9,16,23H,10-11H2,1-2H3,(H,24,26)(H,25,27)/b6-5+/t16-/m0/s1. The second-order valence-corrected chi connectivity index (χ2v) is 6.92. The summed E-state index contributed by atoms with van der Waals surface area (Å²) >= 11 is 12.5. The normalized spacial score (nSPS) is 11.9. The topological polar surface area (TPSA) is 110 Å². The SMILES string of the molecule is CNC[C@H](NC(=O)c1c(Cl)cc(CNC(=O)/C=C/c2ccco2)cc1Cl)C(=O)OC. The summed E-state index contributed by atoms with van der Waals surface area (Å²) in [5.41, 5.74) is 0.622. The molecule has 0 radical (unpaired) electrons. The molecule has 1 atom stereocenters. The van der Waals surface area contributed by atoms with Crippen LogP contribution in [-0.2, 0) is 20.9 Å². The molecule has 0 aliphatic rings. The third-order valence-corrected chi connectivity index (χ3v) is 4.53. The van der Waals surface area contributed by atoms with Crippen molar-refractivity contribution in [1.82, 2.24) is 16.0 Å². The Bertz CT molecular complexity index is 906. The van der Waals surface area contributed by atoms with Crippen LogP contribution < -0.4 is 16.0 Å². The summed E-state index contributed by atoms with van der Waals surface area (Å²) in [6.45, 7) is 0.316. The van der Waals surface area contributed by atoms with Crippen LogP contribution in [0.2, 0.25) is 10.0 Å². The fraction of sp³-hybridized carbons (Fsp3) is 0.250. The summed E-state index contributed by atoms with van der Waals surface area (Å²) in [6, 6.07) is 5.56. The summed E-state index contributed by atoms with van der Waals surface area (Å²) in [6.07, 6.45) is 4.37. The van der Waals surface area contributed by atoms with E-state index in [-0.39, 0.29) is 34.6 Å². The summed E-state index contributed by atoms with van der Waals surface area (Å²) in [4.78, 5) is 36.3. The predicted molar refractivity (Wildman–Crippen MR) is 113 cm³/mol. The number of halogens is 2. The van der Waals surface area contributed by atoms with Gasteiger partial charge in [0.2, 0.25) is 5.91 Å². The summed E-state index contributed by atoms with van der Waals surface area (Å²) in [5, 5.41) is 8.18. The smallest absolute Gasteiger partial charge is 0.329 e. The third-order valence-electron chi connectivity index (χ3n) is 3.94. The van der Waals surface area contributed by atoms with E-state index in [9.17, 15) is 14.4 Å². The summed E-state index contributed by atoms with van der Waals surface area (Å²) in [5.74, 6) is -1.01. The van der Waals surface area contributed by atoms with Crippen LogP contribution in [0.5, 0.6) is 0 Å². The van der Waals surface area contributed by atoms with Crippen molar-refractivity contribution in [2.75, 3.05) is 20.7 Å². The van der Waals surface area contributed by atoms with Crippen LogP contribution in [0.25, 0.3) is 6.08 Å². The Morgan fingerprint density at radius 2 is 1.93 bits per heavy atom. The van der Waals surface area contributed by atoms with Crippen LogP contribution in [-0.4, -0.2) is 44.5 Å². The van der Waals surface area contributed by atoms with Crippen LogP contribution >= 0.6 is 23.2 Å². The van der Waals surface area contributed by atoms with Crippen molar-refractivity contribution < 1.29 is 23.5 Å². The second kappa shape index (κ2) is 11.4. The van der Waals surface area contributed by atoms with E-state index >= 15 is 0 Å². The minimum Gasteiger partial charge on any atom is -0.467 e. The maximum absolute atomic E-state index is 12.6. The van der Waals surface area contributed by atoms with Gasteiger partial charge in [-0.1, -0.05) is 23.2 Å². The van der Waals surface area contributed by atoms with E-state index in [1.54, 1.807) is 19.2 Å². The van der Waals surface area contributed by atoms with Gasteiger partial charge in [-0.2, -0.15) is 0 Å². The highest BCUT2D eigenvalue weighted by atomic mass is 35.5. The Morgan fingerprint density at radius 3 is 2.50 bits per heavy atom. The largest absolute Gasteiger partial charge is 0.467 e. The highest BCUT2D eigenvalue weighted by Crippen LogP contribution is 2.27. The Labute approximate surface area is 183 Å². The van der Waals surface area contributed by atoms with Gasteiger partial charge in [0.25, 0.3) is 5.91 Å². The molecule has 30 heavy (non-hydrogen) atoms. The number of rotatable bonds is 9. The summed E-state index contributed by atoms with van der Waals surface area (Å²) in [7, 11) is 2.86. The number of ether oxygens (including phenoxy) is 1. The number of amides is 2. The number of likely N-dealkylation sites (N-methyl/N-ethyl adjacent to an activating group) is 1.